The van der Waals surface area contributed by atoms with E-state index in [0.717, 1.165) is 0 Å². The third kappa shape index (κ3) is 1.86. The first-order chi connectivity index (χ1) is 6.20. The molecular weight excluding hydrogens is 188 g/mol. The minimum Gasteiger partial charge on any atom is -0.496 e. The molecule has 0 atom stereocenters. The van der Waals surface area contributed by atoms with Crippen LogP contribution in [0.25, 0.3) is 0 Å². The zero-order chi connectivity index (χ0) is 9.84. The molecule has 0 spiro atoms. The van der Waals surface area contributed by atoms with Crippen LogP contribution >= 0.6 is 12.2 Å². The van der Waals surface area contributed by atoms with E-state index in [-0.39, 0.29) is 4.99 Å². The van der Waals surface area contributed by atoms with Gasteiger partial charge in [0.1, 0.15) is 16.3 Å². The molecule has 0 aliphatic rings. The lowest BCUT2D eigenvalue weighted by Crippen LogP contribution is -2.13. The van der Waals surface area contributed by atoms with Gasteiger partial charge in [0.2, 0.25) is 5.88 Å². The molecule has 1 aromatic rings. The van der Waals surface area contributed by atoms with Crippen molar-refractivity contribution < 1.29 is 9.47 Å². The van der Waals surface area contributed by atoms with Crippen LogP contribution in [-0.2, 0) is 0 Å². The van der Waals surface area contributed by atoms with Crippen molar-refractivity contribution in [2.45, 2.75) is 0 Å². The molecule has 0 aliphatic heterocycles. The quantitative estimate of drug-likeness (QED) is 0.726. The topological polar surface area (TPSA) is 57.4 Å². The summed E-state index contributed by atoms with van der Waals surface area (Å²) in [4.78, 5) is 4.17. The Morgan fingerprint density at radius 3 is 2.62 bits per heavy atom. The number of nitrogens with two attached hydrogens (primary N) is 1. The Balaban J connectivity index is 3.29. The van der Waals surface area contributed by atoms with E-state index in [1.165, 1.54) is 14.2 Å². The number of nitrogens with zero attached hydrogens (tertiary/aromatic N) is 1. The number of thiocarbonyl (C=S) groups is 1. The second kappa shape index (κ2) is 4.04. The molecule has 13 heavy (non-hydrogen) atoms. The van der Waals surface area contributed by atoms with Gasteiger partial charge in [0.25, 0.3) is 0 Å². The Hall–Kier alpha value is -1.36. The van der Waals surface area contributed by atoms with Crippen molar-refractivity contribution in [3.8, 4) is 11.6 Å². The summed E-state index contributed by atoms with van der Waals surface area (Å²) in [5, 5.41) is 0. The molecule has 1 aromatic heterocycles. The molecule has 0 amide bonds. The van der Waals surface area contributed by atoms with Crippen LogP contribution in [0.15, 0.2) is 12.3 Å². The van der Waals surface area contributed by atoms with E-state index in [0.29, 0.717) is 17.2 Å². The highest BCUT2D eigenvalue weighted by Crippen LogP contribution is 2.25. The Kier molecular flexibility index (Phi) is 3.02. The predicted molar refractivity (Wildman–Crippen MR) is 53.2 cm³/mol. The number of aromatic nitrogens is 1. The number of ether oxygens (including phenoxy) is 2. The first-order valence-corrected chi connectivity index (χ1v) is 3.98. The molecule has 0 aromatic carbocycles. The normalized spacial score (nSPS) is 9.38. The van der Waals surface area contributed by atoms with Crippen molar-refractivity contribution in [1.82, 2.24) is 4.98 Å². The predicted octanol–water partition coefficient (Wildman–Crippen LogP) is 0.733. The van der Waals surface area contributed by atoms with E-state index >= 15 is 0 Å². The summed E-state index contributed by atoms with van der Waals surface area (Å²) in [6.07, 6.45) is 1.57. The fraction of sp³-hybridized carbons (Fsp3) is 0.250. The highest BCUT2D eigenvalue weighted by molar-refractivity contribution is 7.80. The lowest BCUT2D eigenvalue weighted by atomic mass is 10.2. The van der Waals surface area contributed by atoms with Crippen LogP contribution in [0.5, 0.6) is 11.6 Å². The van der Waals surface area contributed by atoms with Crippen LogP contribution in [0.1, 0.15) is 5.56 Å². The maximum atomic E-state index is 5.50. The van der Waals surface area contributed by atoms with Crippen molar-refractivity contribution in [3.05, 3.63) is 17.8 Å². The molecule has 5 heteroatoms. The maximum Gasteiger partial charge on any atom is 0.227 e. The van der Waals surface area contributed by atoms with Gasteiger partial charge in [0.05, 0.1) is 14.2 Å². The van der Waals surface area contributed by atoms with Crippen LogP contribution in [0.3, 0.4) is 0 Å². The SMILES string of the molecule is COc1ccnc(OC)c1C(N)=S. The molecule has 0 radical (unpaired) electrons. The molecule has 1 heterocycles. The first kappa shape index (κ1) is 9.73. The average molecular weight is 198 g/mol. The minimum absolute atomic E-state index is 0.210. The van der Waals surface area contributed by atoms with Crippen molar-refractivity contribution in [1.29, 1.82) is 0 Å². The van der Waals surface area contributed by atoms with E-state index < -0.39 is 0 Å². The molecule has 0 saturated heterocycles. The standard InChI is InChI=1S/C8H10N2O2S/c1-11-5-3-4-10-8(12-2)6(5)7(9)13/h3-4H,1-2H3,(H2,9,13). The van der Waals surface area contributed by atoms with Gasteiger partial charge in [0, 0.05) is 6.20 Å². The van der Waals surface area contributed by atoms with E-state index in [2.05, 4.69) is 4.98 Å². The zero-order valence-electron chi connectivity index (χ0n) is 7.40. The number of pyridine rings is 1. The van der Waals surface area contributed by atoms with E-state index in [1.807, 2.05) is 0 Å². The second-order valence-corrected chi connectivity index (χ2v) is 2.70. The largest absolute Gasteiger partial charge is 0.496 e. The van der Waals surface area contributed by atoms with Crippen LogP contribution < -0.4 is 15.2 Å². The molecule has 2 N–H and O–H groups in total. The van der Waals surface area contributed by atoms with E-state index in [4.69, 9.17) is 27.4 Å². The smallest absolute Gasteiger partial charge is 0.227 e. The van der Waals surface area contributed by atoms with Crippen LogP contribution in [0.2, 0.25) is 0 Å². The molecule has 4 nitrogen and oxygen atoms in total. The summed E-state index contributed by atoms with van der Waals surface area (Å²) in [6, 6.07) is 1.68. The molecular formula is C8H10N2O2S. The molecule has 0 saturated carbocycles. The second-order valence-electron chi connectivity index (χ2n) is 2.26. The summed E-state index contributed by atoms with van der Waals surface area (Å²) in [6.45, 7) is 0. The van der Waals surface area contributed by atoms with Crippen molar-refractivity contribution >= 4 is 17.2 Å². The van der Waals surface area contributed by atoms with Gasteiger partial charge in [-0.3, -0.25) is 0 Å². The summed E-state index contributed by atoms with van der Waals surface area (Å²) in [5.41, 5.74) is 6.03. The number of hydrogen-bond donors (Lipinski definition) is 1. The number of methoxy groups -OCH3 is 2. The lowest BCUT2D eigenvalue weighted by molar-refractivity contribution is 0.381. The molecule has 1 rings (SSSR count). The van der Waals surface area contributed by atoms with Gasteiger partial charge in [-0.1, -0.05) is 12.2 Å². The zero-order valence-corrected chi connectivity index (χ0v) is 8.22. The molecule has 0 bridgehead atoms. The Morgan fingerprint density at radius 1 is 1.46 bits per heavy atom. The summed E-state index contributed by atoms with van der Waals surface area (Å²) in [5.74, 6) is 0.950. The molecule has 0 fully saturated rings. The van der Waals surface area contributed by atoms with Gasteiger partial charge >= 0.3 is 0 Å². The maximum absolute atomic E-state index is 5.50. The Morgan fingerprint density at radius 2 is 2.15 bits per heavy atom. The monoisotopic (exact) mass is 198 g/mol. The van der Waals surface area contributed by atoms with Gasteiger partial charge in [-0.05, 0) is 6.07 Å². The van der Waals surface area contributed by atoms with Crippen molar-refractivity contribution in [2.24, 2.45) is 5.73 Å². The van der Waals surface area contributed by atoms with Gasteiger partial charge in [-0.15, -0.1) is 0 Å². The average Bonchev–Trinajstić information content (AvgIpc) is 2.16. The fourth-order valence-corrected chi connectivity index (χ4v) is 1.17. The van der Waals surface area contributed by atoms with Crippen molar-refractivity contribution in [2.75, 3.05) is 14.2 Å². The van der Waals surface area contributed by atoms with E-state index in [1.54, 1.807) is 12.3 Å². The summed E-state index contributed by atoms with van der Waals surface area (Å²) in [7, 11) is 3.04. The highest BCUT2D eigenvalue weighted by atomic mass is 32.1. The van der Waals surface area contributed by atoms with Gasteiger partial charge in [-0.25, -0.2) is 4.98 Å². The Labute approximate surface area is 81.7 Å². The van der Waals surface area contributed by atoms with Gasteiger partial charge < -0.3 is 15.2 Å². The van der Waals surface area contributed by atoms with Crippen LogP contribution in [0.4, 0.5) is 0 Å². The van der Waals surface area contributed by atoms with Gasteiger partial charge in [0.15, 0.2) is 0 Å². The fourth-order valence-electron chi connectivity index (χ4n) is 0.978. The summed E-state index contributed by atoms with van der Waals surface area (Å²) < 4.78 is 10.1. The van der Waals surface area contributed by atoms with Crippen LogP contribution in [0, 0.1) is 0 Å². The lowest BCUT2D eigenvalue weighted by Gasteiger charge is -2.09. The third-order valence-corrected chi connectivity index (χ3v) is 1.74. The molecule has 0 unspecified atom stereocenters. The Bertz CT molecular complexity index is 306. The third-order valence-electron chi connectivity index (χ3n) is 1.54. The highest BCUT2D eigenvalue weighted by Gasteiger charge is 2.12. The van der Waals surface area contributed by atoms with Gasteiger partial charge in [-0.2, -0.15) is 0 Å². The molecule has 70 valence electrons. The first-order valence-electron chi connectivity index (χ1n) is 3.57. The number of hydrogen-bond acceptors (Lipinski definition) is 4. The van der Waals surface area contributed by atoms with E-state index in [9.17, 15) is 0 Å². The summed E-state index contributed by atoms with van der Waals surface area (Å²) >= 11 is 4.85. The minimum atomic E-state index is 0.210. The van der Waals surface area contributed by atoms with Crippen molar-refractivity contribution in [3.63, 3.8) is 0 Å². The molecule has 0 aliphatic carbocycles. The number of rotatable bonds is 3. The van der Waals surface area contributed by atoms with Crippen LogP contribution in [-0.4, -0.2) is 24.2 Å².